The third-order valence-corrected chi connectivity index (χ3v) is 9.86. The minimum Gasteiger partial charge on any atom is -0.282 e. The van der Waals surface area contributed by atoms with Crippen molar-refractivity contribution in [3.63, 3.8) is 0 Å². The Bertz CT molecular complexity index is 1490. The Morgan fingerprint density at radius 2 is 1.76 bits per heavy atom. The summed E-state index contributed by atoms with van der Waals surface area (Å²) in [4.78, 5) is 24.9. The Morgan fingerprint density at radius 1 is 1.05 bits per heavy atom. The number of aromatic nitrogens is 2. The fraction of sp³-hybridized carbons (Fsp3) is 0.296. The predicted octanol–water partition coefficient (Wildman–Crippen LogP) is 5.08. The number of amides is 1. The summed E-state index contributed by atoms with van der Waals surface area (Å²) >= 11 is 1.49. The van der Waals surface area contributed by atoms with E-state index in [1.54, 1.807) is 11.1 Å². The molecule has 1 amide bonds. The van der Waals surface area contributed by atoms with E-state index in [4.69, 9.17) is 4.98 Å². The lowest BCUT2D eigenvalue weighted by atomic mass is 9.96. The summed E-state index contributed by atoms with van der Waals surface area (Å²) in [7, 11) is -3.75. The van der Waals surface area contributed by atoms with Crippen molar-refractivity contribution in [1.82, 2.24) is 14.3 Å². The minimum atomic E-state index is -3.75. The molecule has 37 heavy (non-hydrogen) atoms. The van der Waals surface area contributed by atoms with E-state index in [9.17, 15) is 17.6 Å². The highest BCUT2D eigenvalue weighted by atomic mass is 32.2. The van der Waals surface area contributed by atoms with Crippen molar-refractivity contribution in [2.75, 3.05) is 18.0 Å². The van der Waals surface area contributed by atoms with Crippen LogP contribution >= 0.6 is 11.3 Å². The predicted molar refractivity (Wildman–Crippen MR) is 142 cm³/mol. The topological polar surface area (TPSA) is 83.5 Å². The van der Waals surface area contributed by atoms with E-state index < -0.39 is 15.8 Å². The lowest BCUT2D eigenvalue weighted by Gasteiger charge is -2.33. The number of sulfonamides is 1. The lowest BCUT2D eigenvalue weighted by molar-refractivity contribution is -0.123. The molecular weight excluding hydrogens is 511 g/mol. The molecular formula is C27H27FN4O3S2. The van der Waals surface area contributed by atoms with E-state index in [2.05, 4.69) is 11.1 Å². The van der Waals surface area contributed by atoms with Crippen molar-refractivity contribution in [3.05, 3.63) is 83.4 Å². The molecule has 4 aromatic rings. The normalized spacial score (nSPS) is 15.2. The molecule has 0 spiro atoms. The monoisotopic (exact) mass is 538 g/mol. The van der Waals surface area contributed by atoms with Gasteiger partial charge < -0.3 is 0 Å². The van der Waals surface area contributed by atoms with Crippen molar-refractivity contribution in [2.45, 2.75) is 38.1 Å². The van der Waals surface area contributed by atoms with Crippen LogP contribution in [0.25, 0.3) is 10.2 Å². The van der Waals surface area contributed by atoms with Crippen molar-refractivity contribution in [3.8, 4) is 0 Å². The third-order valence-electron chi connectivity index (χ3n) is 6.73. The van der Waals surface area contributed by atoms with Crippen LogP contribution in [0.4, 0.5) is 9.52 Å². The van der Waals surface area contributed by atoms with Gasteiger partial charge in [0, 0.05) is 25.2 Å². The number of fused-ring (bicyclic) bond motifs is 1. The Hall–Kier alpha value is -3.21. The second kappa shape index (κ2) is 10.3. The number of benzene rings is 2. The molecule has 1 saturated heterocycles. The molecule has 0 atom stereocenters. The molecule has 10 heteroatoms. The van der Waals surface area contributed by atoms with Crippen LogP contribution in [-0.4, -0.2) is 41.7 Å². The molecule has 192 valence electrons. The number of nitrogens with zero attached hydrogens (tertiary/aromatic N) is 4. The minimum absolute atomic E-state index is 0.0515. The van der Waals surface area contributed by atoms with Crippen LogP contribution in [0.5, 0.6) is 0 Å². The highest BCUT2D eigenvalue weighted by Crippen LogP contribution is 2.35. The summed E-state index contributed by atoms with van der Waals surface area (Å²) in [6.45, 7) is 4.75. The molecule has 3 heterocycles. The smallest absolute Gasteiger partial charge is 0.243 e. The zero-order valence-corrected chi connectivity index (χ0v) is 22.2. The lowest BCUT2D eigenvalue weighted by Crippen LogP contribution is -2.44. The third kappa shape index (κ3) is 5.14. The quantitative estimate of drug-likeness (QED) is 0.342. The Morgan fingerprint density at radius 3 is 2.41 bits per heavy atom. The summed E-state index contributed by atoms with van der Waals surface area (Å²) in [6, 6.07) is 14.5. The Kier molecular flexibility index (Phi) is 7.06. The molecule has 7 nitrogen and oxygen atoms in total. The molecule has 0 saturated carbocycles. The van der Waals surface area contributed by atoms with Gasteiger partial charge in [-0.2, -0.15) is 4.31 Å². The van der Waals surface area contributed by atoms with Crippen molar-refractivity contribution >= 4 is 42.6 Å². The van der Waals surface area contributed by atoms with E-state index in [1.165, 1.54) is 27.8 Å². The van der Waals surface area contributed by atoms with Gasteiger partial charge in [0.05, 0.1) is 27.4 Å². The van der Waals surface area contributed by atoms with Gasteiger partial charge in [0.15, 0.2) is 5.13 Å². The number of hydrogen-bond donors (Lipinski definition) is 0. The molecule has 0 N–H and O–H groups in total. The van der Waals surface area contributed by atoms with Crippen LogP contribution < -0.4 is 4.90 Å². The second-order valence-electron chi connectivity index (χ2n) is 9.25. The molecule has 1 aliphatic heterocycles. The van der Waals surface area contributed by atoms with E-state index in [0.717, 1.165) is 39.2 Å². The highest BCUT2D eigenvalue weighted by Gasteiger charge is 2.35. The fourth-order valence-corrected chi connectivity index (χ4v) is 7.16. The van der Waals surface area contributed by atoms with Gasteiger partial charge in [-0.15, -0.1) is 0 Å². The number of pyridine rings is 1. The second-order valence-corrected chi connectivity index (χ2v) is 12.2. The van der Waals surface area contributed by atoms with Crippen LogP contribution in [0, 0.1) is 25.6 Å². The molecule has 5 rings (SSSR count). The summed E-state index contributed by atoms with van der Waals surface area (Å²) < 4.78 is 41.8. The van der Waals surface area contributed by atoms with Crippen molar-refractivity contribution in [1.29, 1.82) is 0 Å². The standard InChI is InChI=1S/C27H27FN4O3S2/c1-18-6-7-19(2)25-24(18)30-27(36-25)32(17-22-5-3-4-14-29-22)26(33)20-12-15-31(16-13-20)37(34,35)23-10-8-21(28)9-11-23/h3-11,14,20H,12-13,15-17H2,1-2H3. The number of halogens is 1. The first-order chi connectivity index (χ1) is 17.7. The van der Waals surface area contributed by atoms with Crippen LogP contribution in [0.1, 0.15) is 29.7 Å². The first-order valence-corrected chi connectivity index (χ1v) is 14.3. The maximum absolute atomic E-state index is 13.9. The molecule has 2 aromatic heterocycles. The fourth-order valence-electron chi connectivity index (χ4n) is 4.58. The van der Waals surface area contributed by atoms with Gasteiger partial charge in [-0.25, -0.2) is 17.8 Å². The molecule has 1 fully saturated rings. The molecule has 1 aliphatic rings. The number of rotatable bonds is 6. The maximum Gasteiger partial charge on any atom is 0.243 e. The van der Waals surface area contributed by atoms with E-state index in [-0.39, 0.29) is 36.4 Å². The van der Waals surface area contributed by atoms with Gasteiger partial charge in [-0.1, -0.05) is 29.5 Å². The average Bonchev–Trinajstić information content (AvgIpc) is 3.37. The van der Waals surface area contributed by atoms with Crippen LogP contribution in [0.3, 0.4) is 0 Å². The van der Waals surface area contributed by atoms with Gasteiger partial charge in [0.1, 0.15) is 5.82 Å². The van der Waals surface area contributed by atoms with E-state index in [1.807, 2.05) is 38.1 Å². The molecule has 0 radical (unpaired) electrons. The molecule has 2 aromatic carbocycles. The van der Waals surface area contributed by atoms with Crippen LogP contribution in [-0.2, 0) is 21.4 Å². The number of hydrogen-bond acceptors (Lipinski definition) is 6. The summed E-state index contributed by atoms with van der Waals surface area (Å²) in [5.74, 6) is -0.923. The molecule has 0 aliphatic carbocycles. The first-order valence-electron chi connectivity index (χ1n) is 12.1. The summed E-state index contributed by atoms with van der Waals surface area (Å²) in [5.41, 5.74) is 3.79. The summed E-state index contributed by atoms with van der Waals surface area (Å²) in [6.07, 6.45) is 2.48. The van der Waals surface area contributed by atoms with Crippen molar-refractivity contribution < 1.29 is 17.6 Å². The molecule has 0 bridgehead atoms. The number of thiazole rings is 1. The van der Waals surface area contributed by atoms with Crippen LogP contribution in [0.2, 0.25) is 0 Å². The number of anilines is 1. The largest absolute Gasteiger partial charge is 0.282 e. The van der Waals surface area contributed by atoms with Gasteiger partial charge in [0.2, 0.25) is 15.9 Å². The van der Waals surface area contributed by atoms with Gasteiger partial charge >= 0.3 is 0 Å². The number of aryl methyl sites for hydroxylation is 2. The molecule has 0 unspecified atom stereocenters. The Balaban J connectivity index is 1.39. The first kappa shape index (κ1) is 25.4. The number of carbonyl (C=O) groups is 1. The van der Waals surface area contributed by atoms with E-state index in [0.29, 0.717) is 18.0 Å². The highest BCUT2D eigenvalue weighted by molar-refractivity contribution is 7.89. The van der Waals surface area contributed by atoms with Gasteiger partial charge in [0.25, 0.3) is 0 Å². The van der Waals surface area contributed by atoms with E-state index >= 15 is 0 Å². The average molecular weight is 539 g/mol. The number of piperidine rings is 1. The van der Waals surface area contributed by atoms with Gasteiger partial charge in [-0.05, 0) is 74.2 Å². The van der Waals surface area contributed by atoms with Crippen molar-refractivity contribution in [2.24, 2.45) is 5.92 Å². The Labute approximate surface area is 219 Å². The summed E-state index contributed by atoms with van der Waals surface area (Å²) in [5, 5.41) is 0.615. The van der Waals surface area contributed by atoms with Gasteiger partial charge in [-0.3, -0.25) is 14.7 Å². The zero-order chi connectivity index (χ0) is 26.2. The number of carbonyl (C=O) groups excluding carboxylic acids is 1. The SMILES string of the molecule is Cc1ccc(C)c2sc(N(Cc3ccccn3)C(=O)C3CCN(S(=O)(=O)c4ccc(F)cc4)CC3)nc12. The van der Waals surface area contributed by atoms with Crippen LogP contribution in [0.15, 0.2) is 65.7 Å². The maximum atomic E-state index is 13.9. The zero-order valence-electron chi connectivity index (χ0n) is 20.6.